The Morgan fingerprint density at radius 1 is 1.28 bits per heavy atom. The van der Waals surface area contributed by atoms with Crippen LogP contribution < -0.4 is 5.32 Å². The highest BCUT2D eigenvalue weighted by Crippen LogP contribution is 2.32. The molecule has 1 fully saturated rings. The van der Waals surface area contributed by atoms with Gasteiger partial charge in [0.25, 0.3) is 0 Å². The largest absolute Gasteiger partial charge is 0.340 e. The predicted octanol–water partition coefficient (Wildman–Crippen LogP) is 4.09. The monoisotopic (exact) mass is 438 g/mol. The minimum Gasteiger partial charge on any atom is -0.340 e. The molecule has 1 amide bonds. The Kier molecular flexibility index (Phi) is 6.94. The van der Waals surface area contributed by atoms with Gasteiger partial charge in [0, 0.05) is 41.5 Å². The highest BCUT2D eigenvalue weighted by atomic mass is 16.2. The second-order valence-corrected chi connectivity index (χ2v) is 10.6. The van der Waals surface area contributed by atoms with Crippen LogP contribution in [0.15, 0.2) is 6.20 Å². The fourth-order valence-electron chi connectivity index (χ4n) is 5.46. The summed E-state index contributed by atoms with van der Waals surface area (Å²) in [5, 5.41) is 17.3. The normalized spacial score (nSPS) is 17.9. The van der Waals surface area contributed by atoms with E-state index in [1.54, 1.807) is 10.7 Å². The molecule has 7 nitrogen and oxygen atoms in total. The highest BCUT2D eigenvalue weighted by molar-refractivity contribution is 5.77. The van der Waals surface area contributed by atoms with Gasteiger partial charge in [0.15, 0.2) is 5.65 Å². The molecule has 2 aromatic rings. The van der Waals surface area contributed by atoms with Gasteiger partial charge in [-0.3, -0.25) is 4.79 Å². The lowest BCUT2D eigenvalue weighted by Gasteiger charge is -2.49. The summed E-state index contributed by atoms with van der Waals surface area (Å²) in [6, 6.07) is 2.39. The summed E-state index contributed by atoms with van der Waals surface area (Å²) < 4.78 is 1.72. The van der Waals surface area contributed by atoms with Crippen molar-refractivity contribution in [2.24, 2.45) is 0 Å². The molecular weight excluding hydrogens is 400 g/mol. The third kappa shape index (κ3) is 5.12. The zero-order chi connectivity index (χ0) is 23.7. The third-order valence-electron chi connectivity index (χ3n) is 6.60. The van der Waals surface area contributed by atoms with E-state index in [2.05, 4.69) is 61.0 Å². The van der Waals surface area contributed by atoms with Gasteiger partial charge in [-0.15, -0.1) is 0 Å². The van der Waals surface area contributed by atoms with Crippen LogP contribution in [0, 0.1) is 25.2 Å². The van der Waals surface area contributed by atoms with Gasteiger partial charge >= 0.3 is 0 Å². The van der Waals surface area contributed by atoms with Crippen LogP contribution in [-0.4, -0.2) is 49.1 Å². The third-order valence-corrected chi connectivity index (χ3v) is 6.60. The van der Waals surface area contributed by atoms with Crippen LogP contribution >= 0.6 is 0 Å². The second kappa shape index (κ2) is 9.19. The van der Waals surface area contributed by atoms with E-state index in [4.69, 9.17) is 0 Å². The van der Waals surface area contributed by atoms with Crippen molar-refractivity contribution in [1.29, 1.82) is 5.26 Å². The molecule has 32 heavy (non-hydrogen) atoms. The van der Waals surface area contributed by atoms with Crippen LogP contribution in [0.4, 0.5) is 0 Å². The van der Waals surface area contributed by atoms with Gasteiger partial charge in [-0.2, -0.15) is 10.4 Å². The van der Waals surface area contributed by atoms with Gasteiger partial charge in [0.05, 0.1) is 6.20 Å². The van der Waals surface area contributed by atoms with E-state index >= 15 is 0 Å². The number of fused-ring (bicyclic) bond motifs is 1. The van der Waals surface area contributed by atoms with Crippen molar-refractivity contribution in [3.63, 3.8) is 0 Å². The summed E-state index contributed by atoms with van der Waals surface area (Å²) >= 11 is 0. The number of piperidine rings is 1. The lowest BCUT2D eigenvalue weighted by atomic mass is 9.79. The molecule has 1 N–H and O–H groups in total. The van der Waals surface area contributed by atoms with E-state index < -0.39 is 0 Å². The van der Waals surface area contributed by atoms with E-state index in [9.17, 15) is 10.1 Å². The number of rotatable bonds is 7. The van der Waals surface area contributed by atoms with Gasteiger partial charge in [-0.1, -0.05) is 13.3 Å². The first-order valence-electron chi connectivity index (χ1n) is 11.8. The van der Waals surface area contributed by atoms with Crippen molar-refractivity contribution in [1.82, 2.24) is 24.8 Å². The van der Waals surface area contributed by atoms with Crippen LogP contribution in [0.5, 0.6) is 0 Å². The molecule has 0 radical (unpaired) electrons. The quantitative estimate of drug-likeness (QED) is 0.704. The van der Waals surface area contributed by atoms with Crippen LogP contribution in [0.3, 0.4) is 0 Å². The molecular formula is C25H38N6O. The van der Waals surface area contributed by atoms with Crippen molar-refractivity contribution in [3.05, 3.63) is 28.7 Å². The van der Waals surface area contributed by atoms with E-state index in [1.807, 2.05) is 13.8 Å². The maximum atomic E-state index is 13.5. The molecule has 0 bridgehead atoms. The zero-order valence-corrected chi connectivity index (χ0v) is 20.7. The Hall–Kier alpha value is -2.46. The Morgan fingerprint density at radius 2 is 1.94 bits per heavy atom. The fourth-order valence-corrected chi connectivity index (χ4v) is 5.46. The number of carbonyl (C=O) groups is 1. The van der Waals surface area contributed by atoms with Crippen molar-refractivity contribution in [3.8, 4) is 6.07 Å². The molecule has 0 aliphatic carbocycles. The molecule has 7 heteroatoms. The lowest BCUT2D eigenvalue weighted by molar-refractivity contribution is -0.135. The summed E-state index contributed by atoms with van der Waals surface area (Å²) in [5.41, 5.74) is 3.91. The summed E-state index contributed by atoms with van der Waals surface area (Å²) in [5.74, 6) is 0.217. The van der Waals surface area contributed by atoms with Crippen LogP contribution in [0.25, 0.3) is 5.65 Å². The molecule has 1 saturated heterocycles. The highest BCUT2D eigenvalue weighted by Gasteiger charge is 2.40. The van der Waals surface area contributed by atoms with Gasteiger partial charge < -0.3 is 10.2 Å². The first kappa shape index (κ1) is 24.2. The number of aromatic nitrogens is 3. The number of nitrogens with zero attached hydrogens (tertiary/aromatic N) is 5. The number of hydrogen-bond donors (Lipinski definition) is 1. The van der Waals surface area contributed by atoms with Crippen molar-refractivity contribution >= 4 is 11.6 Å². The fraction of sp³-hybridized carbons (Fsp3) is 0.680. The number of nitriles is 1. The summed E-state index contributed by atoms with van der Waals surface area (Å²) in [6.07, 6.45) is 6.64. The number of unbranched alkanes of at least 4 members (excludes halogenated alkanes) is 1. The molecule has 3 rings (SSSR count). The topological polar surface area (TPSA) is 86.3 Å². The number of hydrogen-bond acceptors (Lipinski definition) is 5. The Labute approximate surface area is 192 Å². The van der Waals surface area contributed by atoms with Crippen LogP contribution in [-0.2, 0) is 11.2 Å². The molecule has 0 atom stereocenters. The molecule has 0 unspecified atom stereocenters. The maximum absolute atomic E-state index is 13.5. The zero-order valence-electron chi connectivity index (χ0n) is 20.7. The number of aryl methyl sites for hydroxylation is 2. The first-order valence-corrected chi connectivity index (χ1v) is 11.8. The molecule has 0 aromatic carbocycles. The Bertz CT molecular complexity index is 1010. The van der Waals surface area contributed by atoms with Gasteiger partial charge in [-0.25, -0.2) is 9.50 Å². The predicted molar refractivity (Wildman–Crippen MR) is 126 cm³/mol. The minimum atomic E-state index is -0.00215. The Morgan fingerprint density at radius 3 is 2.53 bits per heavy atom. The first-order chi connectivity index (χ1) is 15.0. The lowest BCUT2D eigenvalue weighted by Crippen LogP contribution is -2.62. The van der Waals surface area contributed by atoms with Crippen LogP contribution in [0.1, 0.15) is 89.2 Å². The van der Waals surface area contributed by atoms with E-state index in [1.165, 1.54) is 0 Å². The smallest absolute Gasteiger partial charge is 0.223 e. The molecule has 174 valence electrons. The molecule has 1 aliphatic heterocycles. The van der Waals surface area contributed by atoms with E-state index in [0.717, 1.165) is 49.2 Å². The van der Waals surface area contributed by atoms with Crippen molar-refractivity contribution < 1.29 is 4.79 Å². The van der Waals surface area contributed by atoms with E-state index in [0.29, 0.717) is 24.1 Å². The average Bonchev–Trinajstić information content (AvgIpc) is 3.08. The standard InChI is InChI=1S/C25H38N6O/c1-8-9-12-30(20-13-24(4,5)29-25(6,7)14-20)22(32)11-10-21-17(2)28-23-19(15-26)16-27-31(23)18(21)3/h16,20,29H,8-14H2,1-7H3. The molecule has 0 saturated carbocycles. The molecule has 0 spiro atoms. The number of carbonyl (C=O) groups excluding carboxylic acids is 1. The minimum absolute atomic E-state index is 0.00215. The van der Waals surface area contributed by atoms with Gasteiger partial charge in [0.2, 0.25) is 5.91 Å². The van der Waals surface area contributed by atoms with E-state index in [-0.39, 0.29) is 23.0 Å². The SMILES string of the molecule is CCCCN(C(=O)CCc1c(C)nc2c(C#N)cnn2c1C)C1CC(C)(C)NC(C)(C)C1. The summed E-state index contributed by atoms with van der Waals surface area (Å²) in [7, 11) is 0. The van der Waals surface area contributed by atoms with Crippen molar-refractivity contribution in [2.45, 2.75) is 104 Å². The van der Waals surface area contributed by atoms with Crippen LogP contribution in [0.2, 0.25) is 0 Å². The molecule has 1 aliphatic rings. The number of amides is 1. The molecule has 2 aromatic heterocycles. The number of nitrogens with one attached hydrogen (secondary N) is 1. The average molecular weight is 439 g/mol. The summed E-state index contributed by atoms with van der Waals surface area (Å²) in [4.78, 5) is 20.3. The maximum Gasteiger partial charge on any atom is 0.223 e. The van der Waals surface area contributed by atoms with Gasteiger partial charge in [0.1, 0.15) is 11.6 Å². The van der Waals surface area contributed by atoms with Gasteiger partial charge in [-0.05, 0) is 72.8 Å². The second-order valence-electron chi connectivity index (χ2n) is 10.6. The van der Waals surface area contributed by atoms with Crippen molar-refractivity contribution in [2.75, 3.05) is 6.54 Å². The molecule has 3 heterocycles. The Balaban J connectivity index is 1.81. The summed E-state index contributed by atoms with van der Waals surface area (Å²) in [6.45, 7) is 15.9.